The van der Waals surface area contributed by atoms with Crippen LogP contribution in [0.15, 0.2) is 190 Å². The summed E-state index contributed by atoms with van der Waals surface area (Å²) in [7, 11) is 0. The molecule has 0 saturated carbocycles. The van der Waals surface area contributed by atoms with Crippen LogP contribution in [-0.2, 0) is 17.1 Å². The molecule has 0 unspecified atom stereocenters. The van der Waals surface area contributed by atoms with Crippen molar-refractivity contribution < 1.29 is 47.1 Å². The Balaban J connectivity index is 0.000000192. The third kappa shape index (κ3) is 10.2. The van der Waals surface area contributed by atoms with Crippen molar-refractivity contribution in [3.05, 3.63) is 191 Å². The number of nitrogens with zero attached hydrogens (tertiary/aromatic N) is 4. The zero-order valence-corrected chi connectivity index (χ0v) is 36.3. The molecule has 0 saturated heterocycles. The molecule has 9 rings (SSSR count). The van der Waals surface area contributed by atoms with Gasteiger partial charge >= 0.3 is 0 Å². The maximum Gasteiger partial charge on any atom is 0.259 e. The summed E-state index contributed by atoms with van der Waals surface area (Å²) in [6.45, 7) is 0. The molecule has 65 heavy (non-hydrogen) atoms. The Kier molecular flexibility index (Phi) is 14.0. The van der Waals surface area contributed by atoms with Crippen molar-refractivity contribution >= 4 is 101 Å². The zero-order chi connectivity index (χ0) is 44.7. The van der Waals surface area contributed by atoms with Gasteiger partial charge in [-0.25, -0.2) is 0 Å². The van der Waals surface area contributed by atoms with Crippen LogP contribution in [0.2, 0.25) is 10.0 Å². The second-order valence-corrected chi connectivity index (χ2v) is 15.0. The van der Waals surface area contributed by atoms with Gasteiger partial charge in [-0.15, -0.1) is 20.5 Å². The zero-order valence-electron chi connectivity index (χ0n) is 33.7. The Morgan fingerprint density at radius 2 is 0.831 bits per heavy atom. The fourth-order valence-electron chi connectivity index (χ4n) is 6.78. The van der Waals surface area contributed by atoms with Crippen LogP contribution >= 0.6 is 23.2 Å². The number of nitrogens with one attached hydrogen (secondary N) is 2. The third-order valence-corrected chi connectivity index (χ3v) is 10.4. The number of azo groups is 2. The van der Waals surface area contributed by atoms with E-state index in [4.69, 9.17) is 23.2 Å². The Morgan fingerprint density at radius 3 is 1.38 bits per heavy atom. The topological polar surface area (TPSA) is 189 Å². The fourth-order valence-corrected chi connectivity index (χ4v) is 7.13. The first kappa shape index (κ1) is 45.2. The van der Waals surface area contributed by atoms with Crippen molar-refractivity contribution in [3.8, 4) is 23.0 Å². The number of hydrogen-bond donors (Lipinski definition) is 6. The number of phenols is 4. The number of halogens is 2. The number of carbonyl (C=O) groups excluding carboxylic acids is 2. The molecule has 9 aromatic rings. The summed E-state index contributed by atoms with van der Waals surface area (Å²) in [4.78, 5) is 25.8. The van der Waals surface area contributed by atoms with Gasteiger partial charge in [0.05, 0.1) is 11.1 Å². The predicted molar refractivity (Wildman–Crippen MR) is 252 cm³/mol. The number of hydrogen-bond acceptors (Lipinski definition) is 10. The predicted octanol–water partition coefficient (Wildman–Crippen LogP) is 14.3. The van der Waals surface area contributed by atoms with E-state index in [0.29, 0.717) is 48.4 Å². The first-order valence-electron chi connectivity index (χ1n) is 19.5. The number of phenolic OH excluding ortho intramolecular Hbond substituents is 4. The molecular formula is C50H34Cl2FeN6O6. The minimum absolute atomic E-state index is 0. The van der Waals surface area contributed by atoms with Gasteiger partial charge in [-0.1, -0.05) is 120 Å². The second kappa shape index (κ2) is 20.1. The van der Waals surface area contributed by atoms with E-state index in [1.54, 1.807) is 103 Å². The van der Waals surface area contributed by atoms with E-state index in [-0.39, 0.29) is 73.9 Å². The van der Waals surface area contributed by atoms with Gasteiger partial charge < -0.3 is 31.1 Å². The van der Waals surface area contributed by atoms with E-state index in [9.17, 15) is 30.0 Å². The number of benzene rings is 9. The fraction of sp³-hybridized carbons (Fsp3) is 0. The van der Waals surface area contributed by atoms with Crippen LogP contribution < -0.4 is 10.6 Å². The van der Waals surface area contributed by atoms with Gasteiger partial charge in [0.2, 0.25) is 0 Å². The van der Waals surface area contributed by atoms with Gasteiger partial charge in [-0.3, -0.25) is 9.59 Å². The van der Waals surface area contributed by atoms with Crippen LogP contribution in [0.3, 0.4) is 0 Å². The molecule has 15 heteroatoms. The van der Waals surface area contributed by atoms with E-state index < -0.39 is 11.8 Å². The summed E-state index contributed by atoms with van der Waals surface area (Å²) in [5, 5.41) is 69.5. The van der Waals surface area contributed by atoms with E-state index in [1.165, 1.54) is 24.3 Å². The smallest absolute Gasteiger partial charge is 0.259 e. The number of amides is 2. The molecule has 0 aromatic heterocycles. The number of aromatic hydroxyl groups is 4. The molecule has 0 radical (unpaired) electrons. The molecule has 12 nitrogen and oxygen atoms in total. The molecular weight excluding hydrogens is 907 g/mol. The molecule has 6 N–H and O–H groups in total. The largest absolute Gasteiger partial charge is 0.506 e. The number of fused-ring (bicyclic) bond motifs is 3. The van der Waals surface area contributed by atoms with Crippen LogP contribution in [0.5, 0.6) is 23.0 Å². The standard InChI is InChI=1S/C27H18ClN3O3.C23H16ClN3O3.Fe/c28-18-11-12-21-17(14-18)10-13-23(32)24(21)30-31-25-20-9-5-4-6-16(20)15-22(26(25)33)27(34)29-19-7-2-1-3-8-19;24-15-10-11-20(28)19(13-15)26-27-21-17-9-5-4-6-14(17)12-18(22(21)29)23(30)25-16-7-2-1-3-8-16;/h1-15,32-33H,(H,29,34);1-13,28-29H,(H,25,30);. The van der Waals surface area contributed by atoms with Crippen molar-refractivity contribution in [1.82, 2.24) is 0 Å². The molecule has 0 spiro atoms. The maximum absolute atomic E-state index is 13.0. The van der Waals surface area contributed by atoms with Gasteiger partial charge in [0, 0.05) is 54.6 Å². The summed E-state index contributed by atoms with van der Waals surface area (Å²) < 4.78 is 0. The minimum atomic E-state index is -0.480. The van der Waals surface area contributed by atoms with Gasteiger partial charge in [0.15, 0.2) is 11.5 Å². The molecule has 0 atom stereocenters. The van der Waals surface area contributed by atoms with E-state index >= 15 is 0 Å². The average molecular weight is 942 g/mol. The van der Waals surface area contributed by atoms with E-state index in [0.717, 1.165) is 5.39 Å². The van der Waals surface area contributed by atoms with Crippen LogP contribution in [0, 0.1) is 0 Å². The molecule has 9 aromatic carbocycles. The van der Waals surface area contributed by atoms with Crippen molar-refractivity contribution in [2.75, 3.05) is 10.6 Å². The molecule has 322 valence electrons. The molecule has 0 aliphatic rings. The van der Waals surface area contributed by atoms with Crippen LogP contribution in [0.1, 0.15) is 20.7 Å². The van der Waals surface area contributed by atoms with Gasteiger partial charge in [-0.05, 0) is 89.0 Å². The Morgan fingerprint density at radius 1 is 0.415 bits per heavy atom. The Labute approximate surface area is 391 Å². The van der Waals surface area contributed by atoms with Gasteiger partial charge in [-0.2, -0.15) is 0 Å². The van der Waals surface area contributed by atoms with Crippen molar-refractivity contribution in [2.24, 2.45) is 20.5 Å². The van der Waals surface area contributed by atoms with E-state index in [1.807, 2.05) is 42.5 Å². The number of para-hydroxylation sites is 2. The average Bonchev–Trinajstić information content (AvgIpc) is 3.30. The molecule has 0 bridgehead atoms. The summed E-state index contributed by atoms with van der Waals surface area (Å²) in [5.41, 5.74) is 1.94. The summed E-state index contributed by atoms with van der Waals surface area (Å²) in [6, 6.07) is 48.4. The van der Waals surface area contributed by atoms with Gasteiger partial charge in [0.1, 0.15) is 34.2 Å². The number of carbonyl (C=O) groups is 2. The molecule has 0 heterocycles. The SMILES string of the molecule is O=C(Nc1ccccc1)c1cc2ccccc2c(N=Nc2c(O)ccc3cc(Cl)ccc23)c1O.O=C(Nc1ccccc1)c1cc2ccccc2c(N=Nc2cc(Cl)ccc2O)c1O.[Fe]. The van der Waals surface area contributed by atoms with E-state index in [2.05, 4.69) is 31.1 Å². The first-order valence-corrected chi connectivity index (χ1v) is 20.2. The van der Waals surface area contributed by atoms with Crippen molar-refractivity contribution in [2.45, 2.75) is 0 Å². The molecule has 0 aliphatic heterocycles. The summed E-state index contributed by atoms with van der Waals surface area (Å²) in [6.07, 6.45) is 0. The van der Waals surface area contributed by atoms with Crippen molar-refractivity contribution in [3.63, 3.8) is 0 Å². The normalized spacial score (nSPS) is 11.0. The second-order valence-electron chi connectivity index (χ2n) is 14.2. The molecule has 0 fully saturated rings. The van der Waals surface area contributed by atoms with Crippen molar-refractivity contribution in [1.29, 1.82) is 0 Å². The summed E-state index contributed by atoms with van der Waals surface area (Å²) >= 11 is 12.0. The first-order chi connectivity index (χ1) is 31.0. The molecule has 0 aliphatic carbocycles. The monoisotopic (exact) mass is 940 g/mol. The third-order valence-electron chi connectivity index (χ3n) is 9.92. The Hall–Kier alpha value is -7.80. The molecule has 2 amide bonds. The summed E-state index contributed by atoms with van der Waals surface area (Å²) in [5.74, 6) is -1.75. The van der Waals surface area contributed by atoms with Crippen LogP contribution in [-0.4, -0.2) is 32.2 Å². The number of rotatable bonds is 8. The van der Waals surface area contributed by atoms with Crippen LogP contribution in [0.4, 0.5) is 34.1 Å². The maximum atomic E-state index is 13.0. The van der Waals surface area contributed by atoms with Gasteiger partial charge in [0.25, 0.3) is 11.8 Å². The number of anilines is 2. The quantitative estimate of drug-likeness (QED) is 0.0649. The Bertz CT molecular complexity index is 3300. The van der Waals surface area contributed by atoms with Crippen LogP contribution in [0.25, 0.3) is 32.3 Å². The minimum Gasteiger partial charge on any atom is -0.506 e.